The van der Waals surface area contributed by atoms with Crippen LogP contribution in [0, 0.1) is 0 Å². The number of hydrogen-bond donors (Lipinski definition) is 3. The van der Waals surface area contributed by atoms with Crippen molar-refractivity contribution in [2.75, 3.05) is 5.75 Å². The maximum Gasteiger partial charge on any atom is 0.185 e. The minimum atomic E-state index is -1.33. The zero-order valence-electron chi connectivity index (χ0n) is 9.00. The molecule has 2 atom stereocenters. The molecule has 17 heavy (non-hydrogen) atoms. The molecule has 0 aromatic carbocycles. The predicted molar refractivity (Wildman–Crippen MR) is 67.7 cm³/mol. The molecule has 0 radical (unpaired) electrons. The first-order chi connectivity index (χ1) is 7.91. The van der Waals surface area contributed by atoms with Crippen LogP contribution in [0.4, 0.5) is 0 Å². The normalized spacial score (nSPS) is 14.4. The van der Waals surface area contributed by atoms with Crippen LogP contribution >= 0.6 is 27.7 Å². The van der Waals surface area contributed by atoms with E-state index in [0.717, 1.165) is 11.8 Å². The van der Waals surface area contributed by atoms with Gasteiger partial charge in [0.2, 0.25) is 0 Å². The summed E-state index contributed by atoms with van der Waals surface area (Å²) in [5.74, 6) is -0.156. The van der Waals surface area contributed by atoms with E-state index >= 15 is 0 Å². The van der Waals surface area contributed by atoms with Crippen LogP contribution in [0.5, 0.6) is 5.75 Å². The van der Waals surface area contributed by atoms with Crippen molar-refractivity contribution in [1.29, 1.82) is 0 Å². The number of pyridine rings is 1. The van der Waals surface area contributed by atoms with Crippen molar-refractivity contribution >= 4 is 32.8 Å². The number of carbonyl (C=O) groups is 1. The maximum absolute atomic E-state index is 10.7. The monoisotopic (exact) mass is 321 g/mol. The van der Waals surface area contributed by atoms with Gasteiger partial charge < -0.3 is 15.3 Å². The standard InChI is InChI=1S/C10H12BrNO4S/c1-5(13)17-4-7(15)10(16)9-6(14)2-3-8(11)12-9/h2-3,7,10,14-16H,4H2,1H3. The molecule has 7 heteroatoms. The van der Waals surface area contributed by atoms with Crippen molar-refractivity contribution in [1.82, 2.24) is 4.98 Å². The largest absolute Gasteiger partial charge is 0.506 e. The summed E-state index contributed by atoms with van der Waals surface area (Å²) < 4.78 is 0.441. The van der Waals surface area contributed by atoms with Crippen LogP contribution in [0.25, 0.3) is 0 Å². The van der Waals surface area contributed by atoms with Crippen molar-refractivity contribution < 1.29 is 20.1 Å². The SMILES string of the molecule is CC(=O)SCC(O)C(O)c1nc(Br)ccc1O. The van der Waals surface area contributed by atoms with Gasteiger partial charge in [0, 0.05) is 12.7 Å². The lowest BCUT2D eigenvalue weighted by molar-refractivity contribution is -0.109. The van der Waals surface area contributed by atoms with E-state index in [-0.39, 0.29) is 22.3 Å². The highest BCUT2D eigenvalue weighted by atomic mass is 79.9. The van der Waals surface area contributed by atoms with Crippen LogP contribution in [0.2, 0.25) is 0 Å². The Kier molecular flexibility index (Phi) is 5.38. The molecule has 1 heterocycles. The fourth-order valence-corrected chi connectivity index (χ4v) is 2.05. The van der Waals surface area contributed by atoms with E-state index in [0.29, 0.717) is 4.60 Å². The number of halogens is 1. The maximum atomic E-state index is 10.7. The highest BCUT2D eigenvalue weighted by Crippen LogP contribution is 2.27. The number of hydrogen-bond acceptors (Lipinski definition) is 6. The first-order valence-corrected chi connectivity index (χ1v) is 6.54. The molecule has 2 unspecified atom stereocenters. The Morgan fingerprint density at radius 1 is 1.53 bits per heavy atom. The number of thioether (sulfide) groups is 1. The third-order valence-corrected chi connectivity index (χ3v) is 3.33. The zero-order chi connectivity index (χ0) is 13.0. The van der Waals surface area contributed by atoms with E-state index in [1.54, 1.807) is 0 Å². The third kappa shape index (κ3) is 4.27. The molecule has 0 spiro atoms. The number of aliphatic hydroxyl groups excluding tert-OH is 2. The molecule has 0 saturated carbocycles. The van der Waals surface area contributed by atoms with Crippen LogP contribution < -0.4 is 0 Å². The Morgan fingerprint density at radius 2 is 2.18 bits per heavy atom. The van der Waals surface area contributed by atoms with Crippen molar-refractivity contribution in [3.05, 3.63) is 22.4 Å². The van der Waals surface area contributed by atoms with Gasteiger partial charge in [0.25, 0.3) is 0 Å². The molecule has 0 amide bonds. The zero-order valence-corrected chi connectivity index (χ0v) is 11.4. The molecule has 1 aromatic rings. The van der Waals surface area contributed by atoms with Gasteiger partial charge in [0.15, 0.2) is 5.12 Å². The van der Waals surface area contributed by atoms with Crippen molar-refractivity contribution in [2.24, 2.45) is 0 Å². The molecule has 0 saturated heterocycles. The average molecular weight is 322 g/mol. The number of carbonyl (C=O) groups excluding carboxylic acids is 1. The second-order valence-electron chi connectivity index (χ2n) is 3.35. The lowest BCUT2D eigenvalue weighted by atomic mass is 10.1. The van der Waals surface area contributed by atoms with E-state index in [9.17, 15) is 20.1 Å². The molecular formula is C10H12BrNO4S. The van der Waals surface area contributed by atoms with Crippen molar-refractivity contribution in [3.8, 4) is 5.75 Å². The Hall–Kier alpha value is -0.630. The molecule has 1 aromatic heterocycles. The summed E-state index contributed by atoms with van der Waals surface area (Å²) in [6, 6.07) is 2.88. The van der Waals surface area contributed by atoms with E-state index in [1.807, 2.05) is 0 Å². The quantitative estimate of drug-likeness (QED) is 0.722. The summed E-state index contributed by atoms with van der Waals surface area (Å²) in [5, 5.41) is 28.8. The third-order valence-electron chi connectivity index (χ3n) is 1.97. The molecule has 0 aliphatic carbocycles. The van der Waals surface area contributed by atoms with E-state index in [2.05, 4.69) is 20.9 Å². The van der Waals surface area contributed by atoms with Gasteiger partial charge in [0.1, 0.15) is 22.2 Å². The first kappa shape index (κ1) is 14.4. The number of aromatic nitrogens is 1. The van der Waals surface area contributed by atoms with Gasteiger partial charge in [-0.15, -0.1) is 0 Å². The molecule has 0 bridgehead atoms. The van der Waals surface area contributed by atoms with E-state index in [4.69, 9.17) is 0 Å². The van der Waals surface area contributed by atoms with Crippen LogP contribution in [0.15, 0.2) is 16.7 Å². The highest BCUT2D eigenvalue weighted by molar-refractivity contribution is 9.10. The number of aliphatic hydroxyl groups is 2. The molecule has 0 aliphatic rings. The molecule has 3 N–H and O–H groups in total. The van der Waals surface area contributed by atoms with Gasteiger partial charge in [0.05, 0.1) is 6.10 Å². The summed E-state index contributed by atoms with van der Waals surface area (Å²) in [7, 11) is 0. The second-order valence-corrected chi connectivity index (χ2v) is 5.36. The van der Waals surface area contributed by atoms with E-state index in [1.165, 1.54) is 19.1 Å². The fraction of sp³-hybridized carbons (Fsp3) is 0.400. The Morgan fingerprint density at radius 3 is 2.76 bits per heavy atom. The molecule has 1 rings (SSSR count). The van der Waals surface area contributed by atoms with Crippen molar-refractivity contribution in [2.45, 2.75) is 19.1 Å². The van der Waals surface area contributed by atoms with Crippen LogP contribution in [-0.2, 0) is 4.79 Å². The Bertz CT molecular complexity index is 415. The van der Waals surface area contributed by atoms with Gasteiger partial charge in [-0.3, -0.25) is 4.79 Å². The van der Waals surface area contributed by atoms with Gasteiger partial charge in [-0.25, -0.2) is 4.98 Å². The van der Waals surface area contributed by atoms with Crippen LogP contribution in [-0.4, -0.2) is 37.3 Å². The lowest BCUT2D eigenvalue weighted by Crippen LogP contribution is -2.22. The molecule has 0 fully saturated rings. The minimum Gasteiger partial charge on any atom is -0.506 e. The van der Waals surface area contributed by atoms with Gasteiger partial charge in [-0.1, -0.05) is 11.8 Å². The summed E-state index contributed by atoms with van der Waals surface area (Å²) >= 11 is 4.00. The van der Waals surface area contributed by atoms with Crippen LogP contribution in [0.1, 0.15) is 18.7 Å². The average Bonchev–Trinajstić information content (AvgIpc) is 2.28. The smallest absolute Gasteiger partial charge is 0.185 e. The Balaban J connectivity index is 2.77. The minimum absolute atomic E-state index is 0.0176. The molecular weight excluding hydrogens is 310 g/mol. The number of aromatic hydroxyl groups is 1. The Labute approximate surface area is 111 Å². The van der Waals surface area contributed by atoms with E-state index < -0.39 is 12.2 Å². The highest BCUT2D eigenvalue weighted by Gasteiger charge is 2.23. The number of rotatable bonds is 4. The summed E-state index contributed by atoms with van der Waals surface area (Å²) in [4.78, 5) is 14.6. The van der Waals surface area contributed by atoms with Crippen LogP contribution in [0.3, 0.4) is 0 Å². The fourth-order valence-electron chi connectivity index (χ4n) is 1.14. The molecule has 5 nitrogen and oxygen atoms in total. The predicted octanol–water partition coefficient (Wildman–Crippen LogP) is 1.22. The molecule has 0 aliphatic heterocycles. The van der Waals surface area contributed by atoms with Gasteiger partial charge in [-0.2, -0.15) is 0 Å². The lowest BCUT2D eigenvalue weighted by Gasteiger charge is -2.17. The van der Waals surface area contributed by atoms with Crippen molar-refractivity contribution in [3.63, 3.8) is 0 Å². The summed E-state index contributed by atoms with van der Waals surface area (Å²) in [6.45, 7) is 1.37. The second kappa shape index (κ2) is 6.34. The molecule has 94 valence electrons. The first-order valence-electron chi connectivity index (χ1n) is 4.76. The summed E-state index contributed by atoms with van der Waals surface area (Å²) in [5.41, 5.74) is -0.0176. The topological polar surface area (TPSA) is 90.7 Å². The summed E-state index contributed by atoms with van der Waals surface area (Å²) in [6.07, 6.45) is -2.50. The van der Waals surface area contributed by atoms with Gasteiger partial charge in [-0.05, 0) is 28.1 Å². The number of nitrogens with zero attached hydrogens (tertiary/aromatic N) is 1. The van der Waals surface area contributed by atoms with Gasteiger partial charge >= 0.3 is 0 Å².